The molecular weight excluding hydrogens is 490 g/mol. The molecule has 0 aliphatic heterocycles. The maximum absolute atomic E-state index is 13.0. The Balaban J connectivity index is 0.000000555. The quantitative estimate of drug-likeness (QED) is 0.348. The van der Waals surface area contributed by atoms with Gasteiger partial charge in [0.05, 0.1) is 18.0 Å². The molecule has 1 amide bonds. The fourth-order valence-corrected chi connectivity index (χ4v) is 4.35. The number of carbonyl (C=O) groups excluding carboxylic acids is 1. The van der Waals surface area contributed by atoms with Crippen LogP contribution in [0.4, 0.5) is 0 Å². The zero-order chi connectivity index (χ0) is 26.7. The lowest BCUT2D eigenvalue weighted by atomic mass is 10.0. The molecule has 0 fully saturated rings. The van der Waals surface area contributed by atoms with Crippen molar-refractivity contribution in [2.24, 2.45) is 0 Å². The van der Waals surface area contributed by atoms with Crippen molar-refractivity contribution in [3.05, 3.63) is 109 Å². The Bertz CT molecular complexity index is 1310. The molecule has 0 saturated carbocycles. The van der Waals surface area contributed by atoms with Gasteiger partial charge >= 0.3 is 0 Å². The highest BCUT2D eigenvalue weighted by molar-refractivity contribution is 7.88. The third-order valence-electron chi connectivity index (χ3n) is 5.27. The normalized spacial score (nSPS) is 13.4. The maximum atomic E-state index is 13.0. The molecular formula is C27H31N5O4S. The Hall–Kier alpha value is -4.02. The second-order valence-electron chi connectivity index (χ2n) is 8.59. The summed E-state index contributed by atoms with van der Waals surface area (Å²) in [5.41, 5.74) is 0.180. The van der Waals surface area contributed by atoms with E-state index in [1.54, 1.807) is 35.3 Å². The molecule has 4 aromatic rings. The minimum Gasteiger partial charge on any atom is -0.491 e. The topological polar surface area (TPSA) is 115 Å². The summed E-state index contributed by atoms with van der Waals surface area (Å²) in [5, 5.41) is 6.91. The van der Waals surface area contributed by atoms with Crippen molar-refractivity contribution >= 4 is 15.9 Å². The minimum absolute atomic E-state index is 0.198. The molecule has 0 saturated heterocycles. The van der Waals surface area contributed by atoms with Crippen molar-refractivity contribution in [1.82, 2.24) is 24.8 Å². The number of ether oxygens (including phenoxy) is 1. The number of nitrogens with one attached hydrogen (secondary N) is 2. The largest absolute Gasteiger partial charge is 0.491 e. The molecule has 0 radical (unpaired) electrons. The standard InChI is InChI=1S/C21H25N5O4S.C6H6/c1-16(17-7-5-4-6-8-17)24-20(27)21(2,25-31(3,28)29)13-30-19-11-9-18(10-12-19)26-15-22-14-23-26;1-2-4-6-5-3-1/h4-12,14-16,25H,13H2,1-3H3,(H,24,27);1-6H. The molecule has 3 aromatic carbocycles. The third kappa shape index (κ3) is 8.85. The van der Waals surface area contributed by atoms with Gasteiger partial charge in [-0.05, 0) is 43.7 Å². The van der Waals surface area contributed by atoms with Gasteiger partial charge in [-0.2, -0.15) is 9.82 Å². The SMILES string of the molecule is CC(NC(=O)C(C)(COc1ccc(-n2cncn2)cc1)NS(C)(=O)=O)c1ccccc1.c1ccccc1. The number of sulfonamides is 1. The van der Waals surface area contributed by atoms with Gasteiger partial charge in [0.15, 0.2) is 0 Å². The van der Waals surface area contributed by atoms with Crippen LogP contribution in [-0.2, 0) is 14.8 Å². The molecule has 2 N–H and O–H groups in total. The summed E-state index contributed by atoms with van der Waals surface area (Å²) in [6, 6.07) is 28.1. The maximum Gasteiger partial charge on any atom is 0.245 e. The van der Waals surface area contributed by atoms with Gasteiger partial charge in [-0.15, -0.1) is 0 Å². The van der Waals surface area contributed by atoms with E-state index in [0.717, 1.165) is 17.5 Å². The molecule has 0 spiro atoms. The Labute approximate surface area is 217 Å². The van der Waals surface area contributed by atoms with E-state index in [4.69, 9.17) is 4.74 Å². The van der Waals surface area contributed by atoms with E-state index in [2.05, 4.69) is 20.1 Å². The Morgan fingerprint density at radius 3 is 2.05 bits per heavy atom. The highest BCUT2D eigenvalue weighted by atomic mass is 32.2. The number of carbonyl (C=O) groups is 1. The first kappa shape index (κ1) is 27.6. The van der Waals surface area contributed by atoms with E-state index in [-0.39, 0.29) is 12.6 Å². The Morgan fingerprint density at radius 1 is 0.973 bits per heavy atom. The third-order valence-corrected chi connectivity index (χ3v) is 6.09. The van der Waals surface area contributed by atoms with Gasteiger partial charge in [0.1, 0.15) is 30.5 Å². The van der Waals surface area contributed by atoms with Crippen LogP contribution in [0.5, 0.6) is 5.75 Å². The van der Waals surface area contributed by atoms with Gasteiger partial charge in [-0.1, -0.05) is 66.7 Å². The van der Waals surface area contributed by atoms with E-state index >= 15 is 0 Å². The molecule has 1 aromatic heterocycles. The first-order chi connectivity index (χ1) is 17.7. The van der Waals surface area contributed by atoms with Gasteiger partial charge in [0.2, 0.25) is 15.9 Å². The van der Waals surface area contributed by atoms with Crippen LogP contribution in [0.1, 0.15) is 25.5 Å². The van der Waals surface area contributed by atoms with Gasteiger partial charge in [0, 0.05) is 0 Å². The summed E-state index contributed by atoms with van der Waals surface area (Å²) in [6.45, 7) is 3.12. The van der Waals surface area contributed by atoms with Crippen molar-refractivity contribution in [2.75, 3.05) is 12.9 Å². The molecule has 9 nitrogen and oxygen atoms in total. The minimum atomic E-state index is -3.68. The summed E-state index contributed by atoms with van der Waals surface area (Å²) >= 11 is 0. The van der Waals surface area contributed by atoms with E-state index < -0.39 is 21.5 Å². The smallest absolute Gasteiger partial charge is 0.245 e. The zero-order valence-corrected chi connectivity index (χ0v) is 21.8. The zero-order valence-electron chi connectivity index (χ0n) is 21.0. The fourth-order valence-electron chi connectivity index (χ4n) is 3.38. The number of benzene rings is 3. The molecule has 37 heavy (non-hydrogen) atoms. The van der Waals surface area contributed by atoms with E-state index in [1.165, 1.54) is 13.3 Å². The predicted octanol–water partition coefficient (Wildman–Crippen LogP) is 3.52. The van der Waals surface area contributed by atoms with Crippen LogP contribution in [0, 0.1) is 0 Å². The lowest BCUT2D eigenvalue weighted by Gasteiger charge is -2.30. The van der Waals surface area contributed by atoms with Crippen LogP contribution in [0.2, 0.25) is 0 Å². The fraction of sp³-hybridized carbons (Fsp3) is 0.222. The molecule has 0 bridgehead atoms. The van der Waals surface area contributed by atoms with Gasteiger partial charge < -0.3 is 10.1 Å². The Morgan fingerprint density at radius 2 is 1.54 bits per heavy atom. The molecule has 2 atom stereocenters. The van der Waals surface area contributed by atoms with Crippen LogP contribution in [-0.4, -0.2) is 47.5 Å². The van der Waals surface area contributed by atoms with E-state index in [9.17, 15) is 13.2 Å². The van der Waals surface area contributed by atoms with Crippen molar-refractivity contribution in [1.29, 1.82) is 0 Å². The summed E-state index contributed by atoms with van der Waals surface area (Å²) in [4.78, 5) is 16.9. The average Bonchev–Trinajstić information content (AvgIpc) is 3.44. The van der Waals surface area contributed by atoms with Gasteiger partial charge in [-0.25, -0.2) is 18.1 Å². The lowest BCUT2D eigenvalue weighted by Crippen LogP contribution is -2.60. The van der Waals surface area contributed by atoms with Crippen LogP contribution < -0.4 is 14.8 Å². The van der Waals surface area contributed by atoms with Gasteiger partial charge in [0.25, 0.3) is 0 Å². The lowest BCUT2D eigenvalue weighted by molar-refractivity contribution is -0.128. The van der Waals surface area contributed by atoms with Crippen LogP contribution in [0.25, 0.3) is 5.69 Å². The molecule has 4 rings (SSSR count). The van der Waals surface area contributed by atoms with Crippen LogP contribution >= 0.6 is 0 Å². The number of amides is 1. The van der Waals surface area contributed by atoms with Crippen LogP contribution in [0.15, 0.2) is 104 Å². The highest BCUT2D eigenvalue weighted by Gasteiger charge is 2.38. The summed E-state index contributed by atoms with van der Waals surface area (Å²) in [6.07, 6.45) is 4.01. The van der Waals surface area contributed by atoms with E-state index in [1.807, 2.05) is 73.7 Å². The van der Waals surface area contributed by atoms with Crippen LogP contribution in [0.3, 0.4) is 0 Å². The first-order valence-corrected chi connectivity index (χ1v) is 13.5. The molecule has 2 unspecified atom stereocenters. The number of hydrogen-bond acceptors (Lipinski definition) is 6. The van der Waals surface area contributed by atoms with Crippen molar-refractivity contribution in [2.45, 2.75) is 25.4 Å². The second kappa shape index (κ2) is 12.8. The molecule has 10 heteroatoms. The number of nitrogens with zero attached hydrogens (tertiary/aromatic N) is 3. The van der Waals surface area contributed by atoms with Crippen molar-refractivity contribution < 1.29 is 17.9 Å². The van der Waals surface area contributed by atoms with E-state index in [0.29, 0.717) is 5.75 Å². The van der Waals surface area contributed by atoms with Crippen molar-refractivity contribution in [3.8, 4) is 11.4 Å². The molecule has 0 aliphatic rings. The number of hydrogen-bond donors (Lipinski definition) is 2. The van der Waals surface area contributed by atoms with Crippen molar-refractivity contribution in [3.63, 3.8) is 0 Å². The number of aromatic nitrogens is 3. The summed E-state index contributed by atoms with van der Waals surface area (Å²) in [7, 11) is -3.68. The molecule has 194 valence electrons. The second-order valence-corrected chi connectivity index (χ2v) is 10.3. The monoisotopic (exact) mass is 521 g/mol. The molecule has 1 heterocycles. The summed E-state index contributed by atoms with van der Waals surface area (Å²) < 4.78 is 33.6. The average molecular weight is 522 g/mol. The highest BCUT2D eigenvalue weighted by Crippen LogP contribution is 2.18. The van der Waals surface area contributed by atoms with Gasteiger partial charge in [-0.3, -0.25) is 4.79 Å². The number of rotatable bonds is 9. The first-order valence-electron chi connectivity index (χ1n) is 11.6. The molecule has 0 aliphatic carbocycles. The Kier molecular flexibility index (Phi) is 9.53. The predicted molar refractivity (Wildman–Crippen MR) is 143 cm³/mol. The summed E-state index contributed by atoms with van der Waals surface area (Å²) in [5.74, 6) is -0.0113.